The van der Waals surface area contributed by atoms with Gasteiger partial charge in [-0.3, -0.25) is 4.79 Å². The Balaban J connectivity index is 3.48. The monoisotopic (exact) mass is 940 g/mol. The van der Waals surface area contributed by atoms with Gasteiger partial charge >= 0.3 is 0 Å². The van der Waals surface area contributed by atoms with E-state index in [4.69, 9.17) is 0 Å². The van der Waals surface area contributed by atoms with Gasteiger partial charge in [0, 0.05) is 6.42 Å². The number of rotatable bonds is 55. The normalized spacial score (nSPS) is 13.6. The molecule has 394 valence electrons. The molecule has 5 heteroatoms. The summed E-state index contributed by atoms with van der Waals surface area (Å²) in [4.78, 5) is 12.5. The van der Waals surface area contributed by atoms with Crippen LogP contribution in [0.25, 0.3) is 0 Å². The fourth-order valence-corrected chi connectivity index (χ4v) is 9.27. The molecule has 0 spiro atoms. The van der Waals surface area contributed by atoms with Crippen LogP contribution in [0.4, 0.5) is 0 Å². The van der Waals surface area contributed by atoms with Gasteiger partial charge in [-0.2, -0.15) is 0 Å². The minimum atomic E-state index is -1.17. The first kappa shape index (κ1) is 65.3. The Hall–Kier alpha value is -1.69. The van der Waals surface area contributed by atoms with Crippen molar-refractivity contribution in [3.8, 4) is 0 Å². The molecular formula is C62H117NO4. The van der Waals surface area contributed by atoms with Gasteiger partial charge in [-0.25, -0.2) is 0 Å². The van der Waals surface area contributed by atoms with E-state index in [1.807, 2.05) is 0 Å². The lowest BCUT2D eigenvalue weighted by molar-refractivity contribution is -0.124. The molecular weight excluding hydrogens is 823 g/mol. The minimum absolute atomic E-state index is 0.156. The van der Waals surface area contributed by atoms with Crippen LogP contribution < -0.4 is 5.32 Å². The van der Waals surface area contributed by atoms with E-state index in [0.717, 1.165) is 51.4 Å². The lowest BCUT2D eigenvalue weighted by Crippen LogP contribution is -2.50. The Morgan fingerprint density at radius 1 is 0.373 bits per heavy atom. The molecule has 0 aliphatic rings. The summed E-state index contributed by atoms with van der Waals surface area (Å²) in [6.45, 7) is 4.17. The first-order chi connectivity index (χ1) is 33.1. The van der Waals surface area contributed by atoms with Crippen LogP contribution in [-0.4, -0.2) is 46.1 Å². The molecule has 0 aliphatic heterocycles. The maximum Gasteiger partial charge on any atom is 0.220 e. The van der Waals surface area contributed by atoms with Crippen molar-refractivity contribution >= 4 is 5.91 Å². The first-order valence-electron chi connectivity index (χ1n) is 29.9. The van der Waals surface area contributed by atoms with Crippen LogP contribution in [0.1, 0.15) is 316 Å². The fraction of sp³-hybridized carbons (Fsp3) is 0.855. The van der Waals surface area contributed by atoms with Crippen molar-refractivity contribution < 1.29 is 20.1 Å². The van der Waals surface area contributed by atoms with Gasteiger partial charge in [0.2, 0.25) is 5.91 Å². The molecule has 0 rings (SSSR count). The van der Waals surface area contributed by atoms with Crippen molar-refractivity contribution in [2.45, 2.75) is 334 Å². The predicted molar refractivity (Wildman–Crippen MR) is 296 cm³/mol. The zero-order chi connectivity index (χ0) is 48.6. The van der Waals surface area contributed by atoms with E-state index < -0.39 is 18.2 Å². The highest BCUT2D eigenvalue weighted by molar-refractivity contribution is 5.76. The lowest BCUT2D eigenvalue weighted by atomic mass is 10.0. The first-order valence-corrected chi connectivity index (χ1v) is 29.9. The molecule has 0 radical (unpaired) electrons. The Labute approximate surface area is 418 Å². The van der Waals surface area contributed by atoms with Crippen molar-refractivity contribution in [3.05, 3.63) is 48.6 Å². The van der Waals surface area contributed by atoms with E-state index in [0.29, 0.717) is 12.8 Å². The lowest BCUT2D eigenvalue weighted by Gasteiger charge is -2.26. The molecule has 3 atom stereocenters. The van der Waals surface area contributed by atoms with Gasteiger partial charge in [0.05, 0.1) is 18.8 Å². The minimum Gasteiger partial charge on any atom is -0.394 e. The van der Waals surface area contributed by atoms with Crippen LogP contribution in [0, 0.1) is 0 Å². The van der Waals surface area contributed by atoms with Crippen LogP contribution in [-0.2, 0) is 4.79 Å². The Morgan fingerprint density at radius 3 is 1.00 bits per heavy atom. The molecule has 0 aromatic rings. The van der Waals surface area contributed by atoms with Gasteiger partial charge in [-0.15, -0.1) is 0 Å². The third-order valence-electron chi connectivity index (χ3n) is 13.9. The number of unbranched alkanes of at least 4 members (excludes halogenated alkanes) is 39. The number of aliphatic hydroxyl groups excluding tert-OH is 3. The fourth-order valence-electron chi connectivity index (χ4n) is 9.27. The van der Waals surface area contributed by atoms with Crippen molar-refractivity contribution in [3.63, 3.8) is 0 Å². The van der Waals surface area contributed by atoms with E-state index in [1.165, 1.54) is 238 Å². The maximum atomic E-state index is 12.5. The summed E-state index contributed by atoms with van der Waals surface area (Å²) in [6, 6.07) is -0.833. The average molecular weight is 941 g/mol. The van der Waals surface area contributed by atoms with Crippen molar-refractivity contribution in [1.82, 2.24) is 5.32 Å². The van der Waals surface area contributed by atoms with Gasteiger partial charge in [0.25, 0.3) is 0 Å². The summed E-state index contributed by atoms with van der Waals surface area (Å²) in [6.07, 6.45) is 75.9. The summed E-state index contributed by atoms with van der Waals surface area (Å²) in [5, 5.41) is 33.6. The quantitative estimate of drug-likeness (QED) is 0.0361. The van der Waals surface area contributed by atoms with E-state index in [2.05, 4.69) is 67.8 Å². The second-order valence-corrected chi connectivity index (χ2v) is 20.5. The smallest absolute Gasteiger partial charge is 0.220 e. The molecule has 0 aromatic carbocycles. The molecule has 67 heavy (non-hydrogen) atoms. The highest BCUT2D eigenvalue weighted by atomic mass is 16.3. The topological polar surface area (TPSA) is 89.8 Å². The van der Waals surface area contributed by atoms with Crippen LogP contribution in [0.3, 0.4) is 0 Å². The highest BCUT2D eigenvalue weighted by Crippen LogP contribution is 2.17. The van der Waals surface area contributed by atoms with E-state index in [1.54, 1.807) is 0 Å². The molecule has 0 bridgehead atoms. The van der Waals surface area contributed by atoms with Gasteiger partial charge in [-0.1, -0.05) is 274 Å². The third-order valence-corrected chi connectivity index (χ3v) is 13.9. The molecule has 0 aromatic heterocycles. The molecule has 0 heterocycles. The van der Waals surface area contributed by atoms with Gasteiger partial charge < -0.3 is 20.6 Å². The van der Waals surface area contributed by atoms with Crippen LogP contribution in [0.15, 0.2) is 48.6 Å². The molecule has 0 aliphatic carbocycles. The third kappa shape index (κ3) is 52.0. The molecule has 0 saturated carbocycles. The van der Waals surface area contributed by atoms with E-state index >= 15 is 0 Å². The average Bonchev–Trinajstić information content (AvgIpc) is 3.33. The van der Waals surface area contributed by atoms with Gasteiger partial charge in [-0.05, 0) is 83.5 Å². The summed E-state index contributed by atoms with van der Waals surface area (Å²) >= 11 is 0. The molecule has 0 saturated heterocycles. The van der Waals surface area contributed by atoms with Crippen LogP contribution >= 0.6 is 0 Å². The van der Waals surface area contributed by atoms with Crippen LogP contribution in [0.5, 0.6) is 0 Å². The summed E-state index contributed by atoms with van der Waals surface area (Å²) < 4.78 is 0. The number of allylic oxidation sites excluding steroid dienone is 8. The zero-order valence-electron chi connectivity index (χ0n) is 45.0. The van der Waals surface area contributed by atoms with E-state index in [-0.39, 0.29) is 12.5 Å². The van der Waals surface area contributed by atoms with Gasteiger partial charge in [0.15, 0.2) is 0 Å². The highest BCUT2D eigenvalue weighted by Gasteiger charge is 2.26. The number of hydrogen-bond donors (Lipinski definition) is 4. The number of nitrogens with one attached hydrogen (secondary N) is 1. The summed E-state index contributed by atoms with van der Waals surface area (Å²) in [5.41, 5.74) is 0. The second kappa shape index (κ2) is 56.9. The van der Waals surface area contributed by atoms with Crippen molar-refractivity contribution in [2.75, 3.05) is 6.61 Å². The Morgan fingerprint density at radius 2 is 0.657 bits per heavy atom. The standard InChI is InChI=1S/C62H117NO4/c1-3-5-7-9-11-13-15-17-19-20-21-22-23-24-25-26-27-28-29-30-31-32-33-34-35-36-37-38-39-40-41-42-43-45-47-49-51-53-55-57-61(66)63-59(58-64)62(67)60(65)56-54-52-50-48-46-44-18-16-14-12-10-8-6-4-2/h16,18,27-28,30-31,48,50,59-60,62,64-65,67H,3-15,17,19-26,29,32-47,49,51-58H2,1-2H3,(H,63,66)/b18-16+,28-27-,31-30-,50-48+. The number of hydrogen-bond acceptors (Lipinski definition) is 4. The summed E-state index contributed by atoms with van der Waals surface area (Å²) in [7, 11) is 0. The number of aliphatic hydroxyl groups is 3. The largest absolute Gasteiger partial charge is 0.394 e. The van der Waals surface area contributed by atoms with Crippen molar-refractivity contribution in [1.29, 1.82) is 0 Å². The Bertz CT molecular complexity index is 1080. The second-order valence-electron chi connectivity index (χ2n) is 20.5. The number of amides is 1. The van der Waals surface area contributed by atoms with Crippen molar-refractivity contribution in [2.24, 2.45) is 0 Å². The SMILES string of the molecule is CCCCCCC/C=C/CC/C=C/CCCC(O)C(O)C(CO)NC(=O)CCCCCCCCCCCCCCCCCCC/C=C\C/C=C\CCCCCCCCCCCCCCCCC. The maximum absolute atomic E-state index is 12.5. The molecule has 3 unspecified atom stereocenters. The molecule has 1 amide bonds. The van der Waals surface area contributed by atoms with Gasteiger partial charge in [0.1, 0.15) is 6.10 Å². The number of carbonyl (C=O) groups is 1. The molecule has 0 fully saturated rings. The predicted octanol–water partition coefficient (Wildman–Crippen LogP) is 18.8. The van der Waals surface area contributed by atoms with E-state index in [9.17, 15) is 20.1 Å². The zero-order valence-corrected chi connectivity index (χ0v) is 45.0. The molecule has 5 nitrogen and oxygen atoms in total. The number of carbonyl (C=O) groups excluding carboxylic acids is 1. The van der Waals surface area contributed by atoms with Crippen LogP contribution in [0.2, 0.25) is 0 Å². The Kier molecular flexibility index (Phi) is 55.5. The summed E-state index contributed by atoms with van der Waals surface area (Å²) in [5.74, 6) is -0.156. The molecule has 4 N–H and O–H groups in total.